The summed E-state index contributed by atoms with van der Waals surface area (Å²) < 4.78 is 17.3. The molecule has 0 saturated heterocycles. The molecule has 0 radical (unpaired) electrons. The first-order chi connectivity index (χ1) is 10.1. The number of para-hydroxylation sites is 3. The highest BCUT2D eigenvalue weighted by Crippen LogP contribution is 2.23. The zero-order valence-electron chi connectivity index (χ0n) is 11.5. The maximum atomic E-state index is 12.2. The van der Waals surface area contributed by atoms with Crippen molar-refractivity contribution >= 4 is 28.1 Å². The highest BCUT2D eigenvalue weighted by Gasteiger charge is 2.14. The summed E-state index contributed by atoms with van der Waals surface area (Å²) in [5.41, 5.74) is 6.71. The molecule has 3 N–H and O–H groups in total. The smallest absolute Gasteiger partial charge is 0.237 e. The topological polar surface area (TPSA) is 81.4 Å². The fraction of sp³-hybridized carbons (Fsp3) is 0.133. The van der Waals surface area contributed by atoms with Gasteiger partial charge in [-0.05, 0) is 24.3 Å². The lowest BCUT2D eigenvalue weighted by Crippen LogP contribution is -2.20. The Hall–Kier alpha value is -2.34. The van der Waals surface area contributed by atoms with Gasteiger partial charge in [0.2, 0.25) is 5.91 Å². The predicted octanol–water partition coefficient (Wildman–Crippen LogP) is 2.02. The average Bonchev–Trinajstić information content (AvgIpc) is 2.48. The Morgan fingerprint density at radius 2 is 1.86 bits per heavy atom. The third-order valence-electron chi connectivity index (χ3n) is 2.81. The molecule has 6 heteroatoms. The molecule has 5 nitrogen and oxygen atoms in total. The molecule has 0 aliphatic carbocycles. The Morgan fingerprint density at radius 3 is 2.57 bits per heavy atom. The van der Waals surface area contributed by atoms with Crippen molar-refractivity contribution in [1.82, 2.24) is 0 Å². The van der Waals surface area contributed by atoms with E-state index in [9.17, 15) is 9.00 Å². The quantitative estimate of drug-likeness (QED) is 0.828. The van der Waals surface area contributed by atoms with Gasteiger partial charge >= 0.3 is 0 Å². The number of benzene rings is 2. The molecule has 0 aromatic heterocycles. The summed E-state index contributed by atoms with van der Waals surface area (Å²) in [6.07, 6.45) is 0. The third-order valence-corrected chi connectivity index (χ3v) is 4.19. The average molecular weight is 304 g/mol. The monoisotopic (exact) mass is 304 g/mol. The lowest BCUT2D eigenvalue weighted by atomic mass is 10.3. The van der Waals surface area contributed by atoms with Crippen LogP contribution in [0.5, 0.6) is 5.75 Å². The van der Waals surface area contributed by atoms with E-state index in [-0.39, 0.29) is 11.7 Å². The minimum atomic E-state index is -1.49. The number of anilines is 2. The molecule has 0 aliphatic heterocycles. The van der Waals surface area contributed by atoms with Crippen LogP contribution < -0.4 is 15.8 Å². The minimum absolute atomic E-state index is 0.160. The number of nitrogen functional groups attached to an aromatic ring is 1. The lowest BCUT2D eigenvalue weighted by molar-refractivity contribution is -0.113. The van der Waals surface area contributed by atoms with E-state index < -0.39 is 10.8 Å². The van der Waals surface area contributed by atoms with E-state index in [4.69, 9.17) is 10.5 Å². The van der Waals surface area contributed by atoms with Gasteiger partial charge in [0.15, 0.2) is 0 Å². The molecule has 2 rings (SSSR count). The van der Waals surface area contributed by atoms with Crippen molar-refractivity contribution in [3.63, 3.8) is 0 Å². The van der Waals surface area contributed by atoms with Gasteiger partial charge in [-0.1, -0.05) is 24.3 Å². The normalized spacial score (nSPS) is 11.7. The van der Waals surface area contributed by atoms with E-state index >= 15 is 0 Å². The van der Waals surface area contributed by atoms with Crippen LogP contribution in [-0.4, -0.2) is 23.0 Å². The molecule has 2 aromatic rings. The maximum Gasteiger partial charge on any atom is 0.237 e. The number of amides is 1. The van der Waals surface area contributed by atoms with Crippen molar-refractivity contribution in [3.05, 3.63) is 48.5 Å². The van der Waals surface area contributed by atoms with E-state index in [1.54, 1.807) is 48.5 Å². The molecule has 2 aromatic carbocycles. The highest BCUT2D eigenvalue weighted by atomic mass is 32.2. The van der Waals surface area contributed by atoms with Gasteiger partial charge in [0.1, 0.15) is 11.5 Å². The van der Waals surface area contributed by atoms with E-state index in [2.05, 4.69) is 5.32 Å². The summed E-state index contributed by atoms with van der Waals surface area (Å²) in [4.78, 5) is 12.4. The van der Waals surface area contributed by atoms with Gasteiger partial charge in [-0.2, -0.15) is 0 Å². The van der Waals surface area contributed by atoms with Gasteiger partial charge in [0.05, 0.1) is 28.5 Å². The number of rotatable bonds is 5. The van der Waals surface area contributed by atoms with Crippen LogP contribution in [0.15, 0.2) is 53.4 Å². The second-order valence-electron chi connectivity index (χ2n) is 4.28. The first-order valence-corrected chi connectivity index (χ1v) is 7.59. The number of methoxy groups -OCH3 is 1. The lowest BCUT2D eigenvalue weighted by Gasteiger charge is -2.10. The summed E-state index contributed by atoms with van der Waals surface area (Å²) in [6, 6.07) is 13.8. The fourth-order valence-electron chi connectivity index (χ4n) is 1.82. The van der Waals surface area contributed by atoms with Crippen LogP contribution in [0.25, 0.3) is 0 Å². The molecule has 21 heavy (non-hydrogen) atoms. The van der Waals surface area contributed by atoms with Gasteiger partial charge in [0, 0.05) is 5.69 Å². The van der Waals surface area contributed by atoms with Crippen LogP contribution in [-0.2, 0) is 15.6 Å². The van der Waals surface area contributed by atoms with Crippen LogP contribution in [0.2, 0.25) is 0 Å². The van der Waals surface area contributed by atoms with Gasteiger partial charge in [0.25, 0.3) is 0 Å². The van der Waals surface area contributed by atoms with E-state index in [1.807, 2.05) is 0 Å². The number of nitrogens with two attached hydrogens (primary N) is 1. The number of carbonyl (C=O) groups is 1. The minimum Gasteiger partial charge on any atom is -0.495 e. The van der Waals surface area contributed by atoms with Gasteiger partial charge in [-0.25, -0.2) is 0 Å². The van der Waals surface area contributed by atoms with Gasteiger partial charge < -0.3 is 15.8 Å². The molecule has 110 valence electrons. The highest BCUT2D eigenvalue weighted by molar-refractivity contribution is 7.86. The molecule has 1 amide bonds. The first-order valence-electron chi connectivity index (χ1n) is 6.27. The van der Waals surface area contributed by atoms with Crippen LogP contribution in [0.3, 0.4) is 0 Å². The number of ether oxygens (including phenoxy) is 1. The Labute approximate surface area is 125 Å². The van der Waals surface area contributed by atoms with Crippen LogP contribution in [0.4, 0.5) is 11.4 Å². The maximum absolute atomic E-state index is 12.2. The van der Waals surface area contributed by atoms with Crippen molar-refractivity contribution < 1.29 is 13.7 Å². The van der Waals surface area contributed by atoms with Gasteiger partial charge in [-0.3, -0.25) is 9.00 Å². The summed E-state index contributed by atoms with van der Waals surface area (Å²) in [7, 11) is 0.0365. The SMILES string of the molecule is COc1ccccc1NC(=O)CS(=O)c1ccccc1N. The molecule has 0 bridgehead atoms. The molecular weight excluding hydrogens is 288 g/mol. The van der Waals surface area contributed by atoms with E-state index in [0.29, 0.717) is 22.0 Å². The second kappa shape index (κ2) is 6.90. The van der Waals surface area contributed by atoms with E-state index in [1.165, 1.54) is 7.11 Å². The Kier molecular flexibility index (Phi) is 4.94. The molecule has 0 saturated carbocycles. The number of hydrogen-bond acceptors (Lipinski definition) is 4. The molecule has 0 fully saturated rings. The van der Waals surface area contributed by atoms with Crippen LogP contribution in [0, 0.1) is 0 Å². The zero-order valence-corrected chi connectivity index (χ0v) is 12.4. The summed E-state index contributed by atoms with van der Waals surface area (Å²) >= 11 is 0. The summed E-state index contributed by atoms with van der Waals surface area (Å²) in [5.74, 6) is 0.0312. The van der Waals surface area contributed by atoms with Crippen molar-refractivity contribution in [1.29, 1.82) is 0 Å². The van der Waals surface area contributed by atoms with Crippen molar-refractivity contribution in [2.75, 3.05) is 23.9 Å². The largest absolute Gasteiger partial charge is 0.495 e. The summed E-state index contributed by atoms with van der Waals surface area (Å²) in [5, 5.41) is 2.68. The molecule has 0 spiro atoms. The van der Waals surface area contributed by atoms with Gasteiger partial charge in [-0.15, -0.1) is 0 Å². The van der Waals surface area contributed by atoms with Crippen molar-refractivity contribution in [3.8, 4) is 5.75 Å². The van der Waals surface area contributed by atoms with Crippen molar-refractivity contribution in [2.45, 2.75) is 4.90 Å². The molecule has 0 heterocycles. The molecular formula is C15H16N2O3S. The van der Waals surface area contributed by atoms with Crippen LogP contribution >= 0.6 is 0 Å². The van der Waals surface area contributed by atoms with E-state index in [0.717, 1.165) is 0 Å². The Bertz CT molecular complexity index is 673. The second-order valence-corrected chi connectivity index (χ2v) is 5.70. The van der Waals surface area contributed by atoms with Crippen LogP contribution in [0.1, 0.15) is 0 Å². The molecule has 1 atom stereocenters. The number of hydrogen-bond donors (Lipinski definition) is 2. The zero-order chi connectivity index (χ0) is 15.2. The number of nitrogens with one attached hydrogen (secondary N) is 1. The Morgan fingerprint density at radius 1 is 1.19 bits per heavy atom. The first kappa shape index (κ1) is 15.1. The molecule has 0 aliphatic rings. The fourth-order valence-corrected chi connectivity index (χ4v) is 2.85. The summed E-state index contributed by atoms with van der Waals surface area (Å²) in [6.45, 7) is 0. The Balaban J connectivity index is 2.05. The third kappa shape index (κ3) is 3.82. The standard InChI is InChI=1S/C15H16N2O3S/c1-20-13-8-4-3-7-12(13)17-15(18)10-21(19)14-9-5-2-6-11(14)16/h2-9H,10,16H2,1H3,(H,17,18). The predicted molar refractivity (Wildman–Crippen MR) is 83.8 cm³/mol. The van der Waals surface area contributed by atoms with Crippen molar-refractivity contribution in [2.24, 2.45) is 0 Å². The molecule has 1 unspecified atom stereocenters. The number of carbonyl (C=O) groups excluding carboxylic acids is 1.